The van der Waals surface area contributed by atoms with Crippen molar-refractivity contribution in [1.29, 1.82) is 0 Å². The molecule has 2 atom stereocenters. The Hall–Kier alpha value is -1.77. The molecule has 0 heterocycles. The molecule has 1 unspecified atom stereocenters. The number of phosphoric acid groups is 1. The van der Waals surface area contributed by atoms with E-state index < -0.39 is 32.5 Å². The van der Waals surface area contributed by atoms with E-state index >= 15 is 0 Å². The fourth-order valence-corrected chi connectivity index (χ4v) is 5.69. The number of allylic oxidation sites excluding steroid dienone is 6. The molecule has 0 spiro atoms. The van der Waals surface area contributed by atoms with Gasteiger partial charge in [-0.05, 0) is 64.2 Å². The first-order chi connectivity index (χ1) is 24.0. The van der Waals surface area contributed by atoms with Crippen LogP contribution >= 0.6 is 7.82 Å². The van der Waals surface area contributed by atoms with E-state index in [1.54, 1.807) is 0 Å². The van der Waals surface area contributed by atoms with Gasteiger partial charge in [0.25, 0.3) is 7.82 Å². The van der Waals surface area contributed by atoms with Gasteiger partial charge in [-0.25, -0.2) is 0 Å². The van der Waals surface area contributed by atoms with E-state index in [4.69, 9.17) is 18.5 Å². The second kappa shape index (κ2) is 33.1. The summed E-state index contributed by atoms with van der Waals surface area (Å²) >= 11 is 0. The fraction of sp³-hybridized carbons (Fsp3) is 0.800. The van der Waals surface area contributed by atoms with Crippen LogP contribution in [0.4, 0.5) is 0 Å². The normalized spacial score (nSPS) is 14.1. The van der Waals surface area contributed by atoms with Crippen LogP contribution in [-0.4, -0.2) is 70.0 Å². The third-order valence-electron chi connectivity index (χ3n) is 8.13. The number of esters is 2. The number of carbonyl (C=O) groups is 2. The number of hydrogen-bond donors (Lipinski definition) is 0. The summed E-state index contributed by atoms with van der Waals surface area (Å²) in [6.45, 7) is 4.11. The molecule has 10 heteroatoms. The van der Waals surface area contributed by atoms with E-state index in [0.29, 0.717) is 23.9 Å². The predicted molar refractivity (Wildman–Crippen MR) is 204 cm³/mol. The molecular weight excluding hydrogens is 653 g/mol. The highest BCUT2D eigenvalue weighted by Crippen LogP contribution is 2.38. The molecule has 0 aromatic heterocycles. The van der Waals surface area contributed by atoms with E-state index in [9.17, 15) is 19.0 Å². The van der Waals surface area contributed by atoms with Crippen LogP contribution < -0.4 is 4.89 Å². The fourth-order valence-electron chi connectivity index (χ4n) is 4.96. The van der Waals surface area contributed by atoms with Gasteiger partial charge in [0.15, 0.2) is 6.10 Å². The van der Waals surface area contributed by atoms with Gasteiger partial charge in [0.05, 0.1) is 27.7 Å². The average molecular weight is 728 g/mol. The number of likely N-dealkylation sites (N-methyl/N-ethyl adjacent to an activating group) is 1. The number of hydrogen-bond acceptors (Lipinski definition) is 8. The minimum Gasteiger partial charge on any atom is -0.756 e. The standard InChI is InChI=1S/C40H74NO8P/c1-6-8-10-12-14-16-18-20-21-23-24-26-28-30-32-39(42)46-36-38(37-48-50(44,45)47-35-34-41(3,4)5)49-40(43)33-31-29-27-25-22-19-17-15-13-11-9-7-2/h12,14-15,17-18,20,38H,6-11,13,16,19,21-37H2,1-5H3/b14-12+,17-15+,20-18+/t38-/m1/s1. The average Bonchev–Trinajstić information content (AvgIpc) is 3.06. The van der Waals surface area contributed by atoms with E-state index in [-0.39, 0.29) is 26.1 Å². The van der Waals surface area contributed by atoms with Crippen LogP contribution in [0.2, 0.25) is 0 Å². The third-order valence-corrected chi connectivity index (χ3v) is 9.10. The summed E-state index contributed by atoms with van der Waals surface area (Å²) in [4.78, 5) is 37.3. The van der Waals surface area contributed by atoms with Crippen molar-refractivity contribution in [3.05, 3.63) is 36.5 Å². The maximum absolute atomic E-state index is 12.6. The zero-order valence-electron chi connectivity index (χ0n) is 32.6. The lowest BCUT2D eigenvalue weighted by Crippen LogP contribution is -2.37. The molecule has 0 aliphatic rings. The number of unbranched alkanes of at least 4 members (excludes halogenated alkanes) is 15. The second-order valence-electron chi connectivity index (χ2n) is 14.3. The smallest absolute Gasteiger partial charge is 0.306 e. The highest BCUT2D eigenvalue weighted by Gasteiger charge is 2.21. The first-order valence-corrected chi connectivity index (χ1v) is 21.2. The minimum atomic E-state index is -4.62. The Balaban J connectivity index is 4.46. The molecule has 50 heavy (non-hydrogen) atoms. The Morgan fingerprint density at radius 2 is 1.10 bits per heavy atom. The van der Waals surface area contributed by atoms with Gasteiger partial charge < -0.3 is 27.9 Å². The van der Waals surface area contributed by atoms with Gasteiger partial charge in [0, 0.05) is 12.8 Å². The van der Waals surface area contributed by atoms with E-state index in [1.165, 1.54) is 32.1 Å². The molecule has 0 fully saturated rings. The Bertz CT molecular complexity index is 959. The SMILES string of the molecule is CCCC/C=C/C/C=C/CCCCCCCC(=O)OC[C@H](COP(=O)([O-])OCC[N+](C)(C)C)OC(=O)CCCCCCC/C=C/CCCCC. The molecule has 0 aliphatic carbocycles. The lowest BCUT2D eigenvalue weighted by molar-refractivity contribution is -0.870. The Kier molecular flexibility index (Phi) is 31.9. The molecular formula is C40H74NO8P. The summed E-state index contributed by atoms with van der Waals surface area (Å²) < 4.78 is 33.7. The Morgan fingerprint density at radius 3 is 1.66 bits per heavy atom. The van der Waals surface area contributed by atoms with Gasteiger partial charge in [0.1, 0.15) is 19.8 Å². The van der Waals surface area contributed by atoms with Crippen LogP contribution in [0, 0.1) is 0 Å². The monoisotopic (exact) mass is 728 g/mol. The first kappa shape index (κ1) is 48.2. The number of nitrogens with zero attached hydrogens (tertiary/aromatic N) is 1. The number of ether oxygens (including phenoxy) is 2. The van der Waals surface area contributed by atoms with Crippen LogP contribution in [0.5, 0.6) is 0 Å². The van der Waals surface area contributed by atoms with Crippen molar-refractivity contribution in [3.8, 4) is 0 Å². The molecule has 0 aromatic carbocycles. The zero-order valence-corrected chi connectivity index (χ0v) is 33.5. The number of phosphoric ester groups is 1. The molecule has 0 amide bonds. The minimum absolute atomic E-state index is 0.0353. The lowest BCUT2D eigenvalue weighted by atomic mass is 10.1. The third kappa shape index (κ3) is 36.0. The molecule has 0 aromatic rings. The quantitative estimate of drug-likeness (QED) is 0.0209. The van der Waals surface area contributed by atoms with Crippen molar-refractivity contribution >= 4 is 19.8 Å². The highest BCUT2D eigenvalue weighted by molar-refractivity contribution is 7.45. The lowest BCUT2D eigenvalue weighted by Gasteiger charge is -2.28. The highest BCUT2D eigenvalue weighted by atomic mass is 31.2. The van der Waals surface area contributed by atoms with Crippen LogP contribution in [0.15, 0.2) is 36.5 Å². The molecule has 0 bridgehead atoms. The maximum Gasteiger partial charge on any atom is 0.306 e. The van der Waals surface area contributed by atoms with Gasteiger partial charge >= 0.3 is 11.9 Å². The summed E-state index contributed by atoms with van der Waals surface area (Å²) in [6.07, 6.45) is 34.5. The van der Waals surface area contributed by atoms with Crippen molar-refractivity contribution in [2.75, 3.05) is 47.5 Å². The van der Waals surface area contributed by atoms with E-state index in [2.05, 4.69) is 50.3 Å². The van der Waals surface area contributed by atoms with Gasteiger partial charge in [-0.15, -0.1) is 0 Å². The Labute approximate surface area is 306 Å². The Morgan fingerprint density at radius 1 is 0.620 bits per heavy atom. The van der Waals surface area contributed by atoms with E-state index in [1.807, 2.05) is 21.1 Å². The maximum atomic E-state index is 12.6. The van der Waals surface area contributed by atoms with Crippen molar-refractivity contribution < 1.29 is 42.1 Å². The summed E-state index contributed by atoms with van der Waals surface area (Å²) in [5, 5.41) is 0. The van der Waals surface area contributed by atoms with Gasteiger partial charge in [0.2, 0.25) is 0 Å². The molecule has 0 saturated carbocycles. The van der Waals surface area contributed by atoms with Crippen LogP contribution in [-0.2, 0) is 32.7 Å². The van der Waals surface area contributed by atoms with Crippen molar-refractivity contribution in [3.63, 3.8) is 0 Å². The molecule has 292 valence electrons. The predicted octanol–water partition coefficient (Wildman–Crippen LogP) is 9.94. The van der Waals surface area contributed by atoms with E-state index in [0.717, 1.165) is 83.5 Å². The number of rotatable bonds is 35. The van der Waals surface area contributed by atoms with Gasteiger partial charge in [-0.1, -0.05) is 115 Å². The number of carbonyl (C=O) groups excluding carboxylic acids is 2. The van der Waals surface area contributed by atoms with Crippen LogP contribution in [0.1, 0.15) is 155 Å². The largest absolute Gasteiger partial charge is 0.756 e. The molecule has 0 N–H and O–H groups in total. The summed E-state index contributed by atoms with van der Waals surface area (Å²) in [6, 6.07) is 0. The molecule has 0 aliphatic heterocycles. The molecule has 0 radical (unpaired) electrons. The van der Waals surface area contributed by atoms with Crippen LogP contribution in [0.25, 0.3) is 0 Å². The zero-order chi connectivity index (χ0) is 37.2. The van der Waals surface area contributed by atoms with Crippen molar-refractivity contribution in [1.82, 2.24) is 0 Å². The summed E-state index contributed by atoms with van der Waals surface area (Å²) in [7, 11) is 1.15. The second-order valence-corrected chi connectivity index (χ2v) is 15.7. The topological polar surface area (TPSA) is 111 Å². The van der Waals surface area contributed by atoms with Crippen molar-refractivity contribution in [2.45, 2.75) is 161 Å². The first-order valence-electron chi connectivity index (χ1n) is 19.7. The van der Waals surface area contributed by atoms with Crippen LogP contribution in [0.3, 0.4) is 0 Å². The van der Waals surface area contributed by atoms with Gasteiger partial charge in [-0.3, -0.25) is 14.2 Å². The summed E-state index contributed by atoms with van der Waals surface area (Å²) in [5.74, 6) is -0.865. The number of quaternary nitrogens is 1. The molecule has 9 nitrogen and oxygen atoms in total. The summed E-state index contributed by atoms with van der Waals surface area (Å²) in [5.41, 5.74) is 0. The molecule has 0 rings (SSSR count). The van der Waals surface area contributed by atoms with Gasteiger partial charge in [-0.2, -0.15) is 0 Å². The molecule has 0 saturated heterocycles. The van der Waals surface area contributed by atoms with Crippen molar-refractivity contribution in [2.24, 2.45) is 0 Å².